The lowest BCUT2D eigenvalue weighted by Gasteiger charge is -2.32. The monoisotopic (exact) mass is 257 g/mol. The molecular formula is C10H15N3O3S. The molecule has 0 aromatic rings. The minimum absolute atomic E-state index is 0.223. The molecule has 17 heavy (non-hydrogen) atoms. The van der Waals surface area contributed by atoms with Crippen molar-refractivity contribution in [2.75, 3.05) is 25.4 Å². The number of carbonyl (C=O) groups is 2. The summed E-state index contributed by atoms with van der Waals surface area (Å²) in [5, 5.41) is 11.3. The summed E-state index contributed by atoms with van der Waals surface area (Å²) in [4.78, 5) is 24.5. The zero-order valence-electron chi connectivity index (χ0n) is 9.55. The Hall–Kier alpha value is -1.26. The summed E-state index contributed by atoms with van der Waals surface area (Å²) in [6, 6.07) is 1.32. The van der Waals surface area contributed by atoms with Gasteiger partial charge in [0, 0.05) is 19.2 Å². The third-order valence-corrected chi connectivity index (χ3v) is 2.75. The maximum absolute atomic E-state index is 12.0. The number of nitrogens with zero attached hydrogens (tertiary/aromatic N) is 2. The molecule has 1 N–H and O–H groups in total. The second kappa shape index (κ2) is 6.47. The fourth-order valence-corrected chi connectivity index (χ4v) is 1.83. The Morgan fingerprint density at radius 2 is 2.41 bits per heavy atom. The van der Waals surface area contributed by atoms with Crippen LogP contribution in [0.4, 0.5) is 0 Å². The highest BCUT2D eigenvalue weighted by molar-refractivity contribution is 7.80. The minimum atomic E-state index is -0.645. The van der Waals surface area contributed by atoms with Crippen molar-refractivity contribution < 1.29 is 14.3 Å². The molecule has 1 aliphatic heterocycles. The molecule has 7 heteroatoms. The van der Waals surface area contributed by atoms with Crippen LogP contribution in [-0.2, 0) is 14.3 Å². The number of nitrogens with one attached hydrogen (secondary N) is 1. The molecular weight excluding hydrogens is 242 g/mol. The molecule has 6 nitrogen and oxygen atoms in total. The third-order valence-electron chi connectivity index (χ3n) is 2.38. The topological polar surface area (TPSA) is 82.4 Å². The van der Waals surface area contributed by atoms with Crippen molar-refractivity contribution in [3.63, 3.8) is 0 Å². The lowest BCUT2D eigenvalue weighted by atomic mass is 10.2. The highest BCUT2D eigenvalue weighted by Crippen LogP contribution is 2.07. The molecule has 94 valence electrons. The predicted molar refractivity (Wildman–Crippen MR) is 63.4 cm³/mol. The predicted octanol–water partition coefficient (Wildman–Crippen LogP) is -0.828. The van der Waals surface area contributed by atoms with Crippen LogP contribution in [0.25, 0.3) is 0 Å². The smallest absolute Gasteiger partial charge is 0.246 e. The first-order valence-electron chi connectivity index (χ1n) is 5.26. The van der Waals surface area contributed by atoms with Gasteiger partial charge in [-0.05, 0) is 0 Å². The SMILES string of the molecule is CC(=O)NC(CS)C(=O)N1CCOC(C#N)C1. The number of hydrogen-bond acceptors (Lipinski definition) is 5. The molecule has 0 radical (unpaired) electrons. The van der Waals surface area contributed by atoms with E-state index in [1.165, 1.54) is 11.8 Å². The van der Waals surface area contributed by atoms with Crippen LogP contribution in [0.3, 0.4) is 0 Å². The Morgan fingerprint density at radius 3 is 2.94 bits per heavy atom. The number of amides is 2. The molecule has 0 bridgehead atoms. The van der Waals surface area contributed by atoms with Crippen molar-refractivity contribution in [3.05, 3.63) is 0 Å². The highest BCUT2D eigenvalue weighted by Gasteiger charge is 2.28. The van der Waals surface area contributed by atoms with E-state index in [2.05, 4.69) is 17.9 Å². The van der Waals surface area contributed by atoms with Gasteiger partial charge in [0.2, 0.25) is 11.8 Å². The summed E-state index contributed by atoms with van der Waals surface area (Å²) in [7, 11) is 0. The van der Waals surface area contributed by atoms with Gasteiger partial charge in [-0.3, -0.25) is 9.59 Å². The Labute approximate surface area is 105 Å². The Balaban J connectivity index is 2.61. The summed E-state index contributed by atoms with van der Waals surface area (Å²) in [5.41, 5.74) is 0. The standard InChI is InChI=1S/C10H15N3O3S/c1-7(14)12-9(6-17)10(15)13-2-3-16-8(4-11)5-13/h8-9,17H,2-3,5-6H2,1H3,(H,12,14). The van der Waals surface area contributed by atoms with Crippen LogP contribution in [0.2, 0.25) is 0 Å². The maximum atomic E-state index is 12.0. The number of ether oxygens (including phenoxy) is 1. The van der Waals surface area contributed by atoms with Crippen molar-refractivity contribution >= 4 is 24.4 Å². The van der Waals surface area contributed by atoms with Crippen LogP contribution in [0.5, 0.6) is 0 Å². The fourth-order valence-electron chi connectivity index (χ4n) is 1.58. The fraction of sp³-hybridized carbons (Fsp3) is 0.700. The van der Waals surface area contributed by atoms with Crippen LogP contribution in [-0.4, -0.2) is 54.3 Å². The zero-order chi connectivity index (χ0) is 12.8. The van der Waals surface area contributed by atoms with Crippen LogP contribution in [0.15, 0.2) is 0 Å². The normalized spacial score (nSPS) is 21.5. The van der Waals surface area contributed by atoms with Gasteiger partial charge in [0.15, 0.2) is 6.10 Å². The summed E-state index contributed by atoms with van der Waals surface area (Å²) in [5.74, 6) is -0.270. The molecule has 2 amide bonds. The third kappa shape index (κ3) is 3.91. The van der Waals surface area contributed by atoms with E-state index in [-0.39, 0.29) is 24.1 Å². The van der Waals surface area contributed by atoms with E-state index in [9.17, 15) is 9.59 Å². The zero-order valence-corrected chi connectivity index (χ0v) is 10.4. The molecule has 1 fully saturated rings. The lowest BCUT2D eigenvalue weighted by molar-refractivity contribution is -0.140. The van der Waals surface area contributed by atoms with E-state index in [1.54, 1.807) is 0 Å². The molecule has 0 spiro atoms. The molecule has 2 unspecified atom stereocenters. The van der Waals surface area contributed by atoms with Gasteiger partial charge >= 0.3 is 0 Å². The summed E-state index contributed by atoms with van der Waals surface area (Å²) < 4.78 is 5.14. The Bertz CT molecular complexity index is 342. The van der Waals surface area contributed by atoms with Crippen LogP contribution >= 0.6 is 12.6 Å². The largest absolute Gasteiger partial charge is 0.360 e. The first-order valence-corrected chi connectivity index (χ1v) is 5.89. The van der Waals surface area contributed by atoms with Crippen molar-refractivity contribution in [1.82, 2.24) is 10.2 Å². The van der Waals surface area contributed by atoms with Crippen molar-refractivity contribution in [2.24, 2.45) is 0 Å². The molecule has 0 aromatic heterocycles. The van der Waals surface area contributed by atoms with E-state index in [0.29, 0.717) is 13.2 Å². The first-order chi connectivity index (χ1) is 8.08. The van der Waals surface area contributed by atoms with E-state index >= 15 is 0 Å². The van der Waals surface area contributed by atoms with Gasteiger partial charge in [-0.15, -0.1) is 0 Å². The van der Waals surface area contributed by atoms with Gasteiger partial charge in [-0.2, -0.15) is 17.9 Å². The molecule has 0 aliphatic carbocycles. The number of nitriles is 1. The minimum Gasteiger partial charge on any atom is -0.360 e. The number of carbonyl (C=O) groups excluding carboxylic acids is 2. The second-order valence-corrected chi connectivity index (χ2v) is 4.07. The first kappa shape index (κ1) is 13.8. The molecule has 1 aliphatic rings. The Kier molecular flexibility index (Phi) is 5.25. The molecule has 1 rings (SSSR count). The Morgan fingerprint density at radius 1 is 1.71 bits per heavy atom. The van der Waals surface area contributed by atoms with E-state index in [1.807, 2.05) is 6.07 Å². The van der Waals surface area contributed by atoms with Gasteiger partial charge in [0.25, 0.3) is 0 Å². The average molecular weight is 257 g/mol. The van der Waals surface area contributed by atoms with Crippen molar-refractivity contribution in [3.8, 4) is 6.07 Å². The van der Waals surface area contributed by atoms with Gasteiger partial charge < -0.3 is 15.0 Å². The number of hydrogen-bond donors (Lipinski definition) is 2. The van der Waals surface area contributed by atoms with Gasteiger partial charge in [0.05, 0.1) is 19.2 Å². The molecule has 0 saturated carbocycles. The van der Waals surface area contributed by atoms with E-state index in [4.69, 9.17) is 10.00 Å². The molecule has 1 saturated heterocycles. The average Bonchev–Trinajstić information content (AvgIpc) is 2.35. The van der Waals surface area contributed by atoms with Crippen molar-refractivity contribution in [2.45, 2.75) is 19.1 Å². The summed E-state index contributed by atoms with van der Waals surface area (Å²) in [6.07, 6.45) is -0.592. The molecule has 2 atom stereocenters. The highest BCUT2D eigenvalue weighted by atomic mass is 32.1. The lowest BCUT2D eigenvalue weighted by Crippen LogP contribution is -2.54. The molecule has 1 heterocycles. The second-order valence-electron chi connectivity index (χ2n) is 3.71. The number of rotatable bonds is 3. The molecule has 0 aromatic carbocycles. The summed E-state index contributed by atoms with van der Waals surface area (Å²) in [6.45, 7) is 2.35. The van der Waals surface area contributed by atoms with Gasteiger partial charge in [-0.1, -0.05) is 0 Å². The van der Waals surface area contributed by atoms with Crippen molar-refractivity contribution in [1.29, 1.82) is 5.26 Å². The van der Waals surface area contributed by atoms with E-state index < -0.39 is 12.1 Å². The number of morpholine rings is 1. The van der Waals surface area contributed by atoms with E-state index in [0.717, 1.165) is 0 Å². The number of thiol groups is 1. The summed E-state index contributed by atoms with van der Waals surface area (Å²) >= 11 is 4.04. The quantitative estimate of drug-likeness (QED) is 0.647. The van der Waals surface area contributed by atoms with Crippen LogP contribution in [0, 0.1) is 11.3 Å². The van der Waals surface area contributed by atoms with Crippen LogP contribution < -0.4 is 5.32 Å². The van der Waals surface area contributed by atoms with Gasteiger partial charge in [0.1, 0.15) is 6.04 Å². The van der Waals surface area contributed by atoms with Crippen LogP contribution in [0.1, 0.15) is 6.92 Å². The maximum Gasteiger partial charge on any atom is 0.246 e. The van der Waals surface area contributed by atoms with Gasteiger partial charge in [-0.25, -0.2) is 0 Å².